The molecular formula is C24H24ClN5O2. The zero-order valence-electron chi connectivity index (χ0n) is 18.3. The monoisotopic (exact) mass is 449 g/mol. The number of hydrogen-bond acceptors (Lipinski definition) is 6. The molecule has 0 saturated carbocycles. The molecule has 0 spiro atoms. The number of aromatic amines is 1. The number of alkyl halides is 1. The number of rotatable bonds is 6. The molecule has 8 heteroatoms. The van der Waals surface area contributed by atoms with Crippen molar-refractivity contribution in [3.05, 3.63) is 74.9 Å². The molecule has 7 nitrogen and oxygen atoms in total. The van der Waals surface area contributed by atoms with Gasteiger partial charge in [-0.15, -0.1) is 11.6 Å². The van der Waals surface area contributed by atoms with Gasteiger partial charge in [0, 0.05) is 34.6 Å². The minimum atomic E-state index is -0.508. The molecule has 0 aliphatic carbocycles. The summed E-state index contributed by atoms with van der Waals surface area (Å²) < 4.78 is 5.27. The van der Waals surface area contributed by atoms with E-state index in [9.17, 15) is 4.79 Å². The van der Waals surface area contributed by atoms with Crippen molar-refractivity contribution in [3.8, 4) is 0 Å². The Hall–Kier alpha value is -3.58. The van der Waals surface area contributed by atoms with E-state index in [0.717, 1.165) is 22.5 Å². The van der Waals surface area contributed by atoms with E-state index in [1.807, 2.05) is 19.1 Å². The number of hydrogen-bond donors (Lipinski definition) is 3. The number of nitrogens with zero attached hydrogens (tertiary/aromatic N) is 2. The Bertz CT molecular complexity index is 1360. The topological polar surface area (TPSA) is 95.8 Å². The summed E-state index contributed by atoms with van der Waals surface area (Å²) in [5.41, 5.74) is 8.05. The molecule has 164 valence electrons. The normalized spacial score (nSPS) is 11.4. The van der Waals surface area contributed by atoms with Gasteiger partial charge in [0.15, 0.2) is 5.58 Å². The third kappa shape index (κ3) is 4.53. The van der Waals surface area contributed by atoms with Gasteiger partial charge in [0.25, 0.3) is 0 Å². The number of halogens is 1. The zero-order chi connectivity index (χ0) is 22.8. The lowest BCUT2D eigenvalue weighted by Crippen LogP contribution is -2.03. The highest BCUT2D eigenvalue weighted by Crippen LogP contribution is 2.27. The van der Waals surface area contributed by atoms with Crippen molar-refractivity contribution in [3.63, 3.8) is 0 Å². The maximum absolute atomic E-state index is 11.7. The van der Waals surface area contributed by atoms with Gasteiger partial charge in [-0.3, -0.25) is 4.98 Å². The maximum atomic E-state index is 11.7. The van der Waals surface area contributed by atoms with E-state index in [1.165, 1.54) is 16.7 Å². The Morgan fingerprint density at radius 2 is 1.75 bits per heavy atom. The van der Waals surface area contributed by atoms with E-state index in [2.05, 4.69) is 58.5 Å². The molecule has 2 heterocycles. The van der Waals surface area contributed by atoms with E-state index >= 15 is 0 Å². The number of aryl methyl sites for hydroxylation is 3. The molecule has 0 saturated heterocycles. The van der Waals surface area contributed by atoms with E-state index < -0.39 is 5.76 Å². The van der Waals surface area contributed by atoms with Crippen LogP contribution in [0.1, 0.15) is 27.8 Å². The zero-order valence-corrected chi connectivity index (χ0v) is 19.1. The van der Waals surface area contributed by atoms with Crippen LogP contribution in [0.2, 0.25) is 0 Å². The lowest BCUT2D eigenvalue weighted by atomic mass is 10.0. The first-order chi connectivity index (χ1) is 15.3. The second kappa shape index (κ2) is 8.88. The molecule has 0 bridgehead atoms. The first-order valence-corrected chi connectivity index (χ1v) is 10.7. The first-order valence-electron chi connectivity index (χ1n) is 10.2. The van der Waals surface area contributed by atoms with E-state index in [0.29, 0.717) is 28.7 Å². The van der Waals surface area contributed by atoms with Gasteiger partial charge in [0.2, 0.25) is 5.95 Å². The Balaban J connectivity index is 1.67. The molecule has 4 aromatic rings. The highest BCUT2D eigenvalue weighted by molar-refractivity contribution is 6.19. The van der Waals surface area contributed by atoms with Crippen LogP contribution in [0.3, 0.4) is 0 Å². The second-order valence-corrected chi connectivity index (χ2v) is 8.03. The van der Waals surface area contributed by atoms with Gasteiger partial charge in [0.1, 0.15) is 5.82 Å². The summed E-state index contributed by atoms with van der Waals surface area (Å²) in [6.45, 7) is 8.21. The van der Waals surface area contributed by atoms with E-state index in [4.69, 9.17) is 16.0 Å². The average molecular weight is 450 g/mol. The van der Waals surface area contributed by atoms with Gasteiger partial charge < -0.3 is 15.1 Å². The summed E-state index contributed by atoms with van der Waals surface area (Å²) in [5.74, 6) is 0.985. The third-order valence-corrected chi connectivity index (χ3v) is 5.53. The van der Waals surface area contributed by atoms with Crippen LogP contribution < -0.4 is 16.4 Å². The van der Waals surface area contributed by atoms with Gasteiger partial charge >= 0.3 is 5.76 Å². The predicted octanol–water partition coefficient (Wildman–Crippen LogP) is 5.88. The molecule has 0 atom stereocenters. The molecular weight excluding hydrogens is 426 g/mol. The molecule has 3 N–H and O–H groups in total. The third-order valence-electron chi connectivity index (χ3n) is 5.35. The van der Waals surface area contributed by atoms with Crippen molar-refractivity contribution in [2.45, 2.75) is 27.7 Å². The Labute approximate surface area is 190 Å². The fourth-order valence-corrected chi connectivity index (χ4v) is 3.55. The SMILES string of the molecule is Cc1cnc(Nc2cc(C)c(C)c(C)c2)nc1Nc1cc(C=CCCl)c2oc(=O)[nH]c2c1. The van der Waals surface area contributed by atoms with Crippen molar-refractivity contribution in [1.29, 1.82) is 0 Å². The number of aromatic nitrogens is 3. The molecule has 4 rings (SSSR count). The smallest absolute Gasteiger partial charge is 0.407 e. The van der Waals surface area contributed by atoms with Crippen LogP contribution in [0.4, 0.5) is 23.1 Å². The van der Waals surface area contributed by atoms with E-state index in [1.54, 1.807) is 18.3 Å². The molecule has 0 amide bonds. The summed E-state index contributed by atoms with van der Waals surface area (Å²) in [4.78, 5) is 23.5. The average Bonchev–Trinajstić information content (AvgIpc) is 3.13. The fraction of sp³-hybridized carbons (Fsp3) is 0.208. The highest BCUT2D eigenvalue weighted by atomic mass is 35.5. The van der Waals surface area contributed by atoms with Crippen molar-refractivity contribution in [1.82, 2.24) is 15.0 Å². The van der Waals surface area contributed by atoms with Crippen LogP contribution in [0.25, 0.3) is 17.2 Å². The van der Waals surface area contributed by atoms with E-state index in [-0.39, 0.29) is 0 Å². The van der Waals surface area contributed by atoms with Crippen molar-refractivity contribution < 1.29 is 4.42 Å². The number of nitrogens with one attached hydrogen (secondary N) is 3. The molecule has 0 aliphatic rings. The Morgan fingerprint density at radius 3 is 2.47 bits per heavy atom. The van der Waals surface area contributed by atoms with Crippen LogP contribution in [-0.2, 0) is 0 Å². The number of allylic oxidation sites excluding steroid dienone is 1. The number of oxazole rings is 1. The predicted molar refractivity (Wildman–Crippen MR) is 131 cm³/mol. The van der Waals surface area contributed by atoms with Crippen LogP contribution in [0, 0.1) is 27.7 Å². The maximum Gasteiger partial charge on any atom is 0.417 e. The molecule has 2 aromatic carbocycles. The standard InChI is InChI=1S/C24H24ClN5O2/c1-13-8-18(9-14(2)16(13)4)28-23-26-12-15(3)22(30-23)27-19-10-17(6-5-7-25)21-20(11-19)29-24(31)32-21/h5-6,8-12H,7H2,1-4H3,(H,29,31)(H2,26,27,28,30). The van der Waals surface area contributed by atoms with Crippen molar-refractivity contribution in [2.24, 2.45) is 0 Å². The second-order valence-electron chi connectivity index (χ2n) is 7.72. The first kappa shape index (κ1) is 21.6. The molecule has 0 unspecified atom stereocenters. The van der Waals surface area contributed by atoms with Gasteiger partial charge in [-0.1, -0.05) is 12.2 Å². The summed E-state index contributed by atoms with van der Waals surface area (Å²) in [7, 11) is 0. The lowest BCUT2D eigenvalue weighted by molar-refractivity contribution is 0.555. The Morgan fingerprint density at radius 1 is 1.03 bits per heavy atom. The van der Waals surface area contributed by atoms with Crippen LogP contribution in [0.5, 0.6) is 0 Å². The van der Waals surface area contributed by atoms with Gasteiger partial charge in [-0.25, -0.2) is 9.78 Å². The quantitative estimate of drug-likeness (QED) is 0.318. The molecule has 2 aromatic heterocycles. The van der Waals surface area contributed by atoms with Gasteiger partial charge in [-0.2, -0.15) is 4.98 Å². The number of anilines is 4. The molecule has 0 aliphatic heterocycles. The summed E-state index contributed by atoms with van der Waals surface area (Å²) in [5, 5.41) is 6.61. The number of fused-ring (bicyclic) bond motifs is 1. The summed E-state index contributed by atoms with van der Waals surface area (Å²) in [6, 6.07) is 7.84. The highest BCUT2D eigenvalue weighted by Gasteiger charge is 2.11. The van der Waals surface area contributed by atoms with Crippen LogP contribution in [-0.4, -0.2) is 20.8 Å². The molecule has 0 fully saturated rings. The number of benzene rings is 2. The summed E-state index contributed by atoms with van der Waals surface area (Å²) in [6.07, 6.45) is 5.37. The summed E-state index contributed by atoms with van der Waals surface area (Å²) >= 11 is 5.78. The van der Waals surface area contributed by atoms with Gasteiger partial charge in [-0.05, 0) is 68.7 Å². The minimum Gasteiger partial charge on any atom is -0.407 e. The Kier molecular flexibility index (Phi) is 6.01. The van der Waals surface area contributed by atoms with Crippen molar-refractivity contribution in [2.75, 3.05) is 16.5 Å². The number of H-pyrrole nitrogens is 1. The lowest BCUT2D eigenvalue weighted by Gasteiger charge is -2.13. The minimum absolute atomic E-state index is 0.353. The van der Waals surface area contributed by atoms with Crippen molar-refractivity contribution >= 4 is 51.9 Å². The van der Waals surface area contributed by atoms with Gasteiger partial charge in [0.05, 0.1) is 5.52 Å². The fourth-order valence-electron chi connectivity index (χ4n) is 3.46. The largest absolute Gasteiger partial charge is 0.417 e. The van der Waals surface area contributed by atoms with Crippen LogP contribution in [0.15, 0.2) is 45.8 Å². The van der Waals surface area contributed by atoms with Crippen LogP contribution >= 0.6 is 11.6 Å². The molecule has 0 radical (unpaired) electrons. The molecule has 32 heavy (non-hydrogen) atoms.